The van der Waals surface area contributed by atoms with E-state index in [9.17, 15) is 27.4 Å². The largest absolute Gasteiger partial charge is 0.457 e. The summed E-state index contributed by atoms with van der Waals surface area (Å²) in [6.45, 7) is 7.68. The van der Waals surface area contributed by atoms with Gasteiger partial charge in [-0.2, -0.15) is 8.42 Å². The number of nitrogens with zero attached hydrogens (tertiary/aromatic N) is 4. The molecular weight excluding hydrogens is 560 g/mol. The van der Waals surface area contributed by atoms with Gasteiger partial charge in [0.25, 0.3) is 11.8 Å². The van der Waals surface area contributed by atoms with Crippen LogP contribution < -0.4 is 11.1 Å². The number of oxime groups is 1. The highest BCUT2D eigenvalue weighted by molar-refractivity contribution is 7.84. The second kappa shape index (κ2) is 10.9. The highest BCUT2D eigenvalue weighted by Gasteiger charge is 2.65. The minimum Gasteiger partial charge on any atom is -0.457 e. The Labute approximate surface area is 227 Å². The molecular formula is C21H28N6O8S3. The molecule has 1 fully saturated rings. The zero-order valence-electron chi connectivity index (χ0n) is 21.2. The van der Waals surface area contributed by atoms with Gasteiger partial charge in [-0.15, -0.1) is 22.7 Å². The third-order valence-corrected chi connectivity index (χ3v) is 7.81. The summed E-state index contributed by atoms with van der Waals surface area (Å²) in [5, 5.41) is 9.94. The van der Waals surface area contributed by atoms with Gasteiger partial charge in [0, 0.05) is 10.8 Å². The molecule has 0 saturated carbocycles. The van der Waals surface area contributed by atoms with E-state index in [1.54, 1.807) is 26.2 Å². The number of ether oxygens (including phenoxy) is 1. The van der Waals surface area contributed by atoms with Crippen molar-refractivity contribution in [2.45, 2.75) is 64.6 Å². The number of nitrogens with one attached hydrogen (secondary N) is 1. The van der Waals surface area contributed by atoms with Crippen LogP contribution in [0.2, 0.25) is 0 Å². The molecule has 0 bridgehead atoms. The molecule has 17 heteroatoms. The maximum absolute atomic E-state index is 13.3. The lowest BCUT2D eigenvalue weighted by Crippen LogP contribution is -2.77. The van der Waals surface area contributed by atoms with E-state index >= 15 is 0 Å². The van der Waals surface area contributed by atoms with Gasteiger partial charge in [-0.05, 0) is 40.5 Å². The molecule has 0 unspecified atom stereocenters. The Balaban J connectivity index is 1.90. The minimum absolute atomic E-state index is 0.00631. The van der Waals surface area contributed by atoms with Gasteiger partial charge >= 0.3 is 16.3 Å². The SMILES string of the molecule is CCCc1nc([C@]2(C)[C@H](NC(=O)/C(=N/OCC(=O)OC(C)(C)C)c3csc(N)n3)C(=O)N2S(=O)(=O)O)cs1. The van der Waals surface area contributed by atoms with E-state index in [1.165, 1.54) is 23.6 Å². The van der Waals surface area contributed by atoms with Gasteiger partial charge in [-0.3, -0.25) is 14.1 Å². The Morgan fingerprint density at radius 2 is 1.97 bits per heavy atom. The highest BCUT2D eigenvalue weighted by atomic mass is 32.2. The molecule has 1 saturated heterocycles. The first-order valence-electron chi connectivity index (χ1n) is 11.3. The molecule has 1 aliphatic rings. The van der Waals surface area contributed by atoms with Crippen molar-refractivity contribution in [2.75, 3.05) is 12.3 Å². The van der Waals surface area contributed by atoms with Crippen LogP contribution in [0, 0.1) is 0 Å². The quantitative estimate of drug-likeness (QED) is 0.118. The van der Waals surface area contributed by atoms with E-state index in [0.717, 1.165) is 17.8 Å². The standard InChI is InChI=1S/C21H28N6O8S3/c1-6-7-13-24-12(10-36-13)21(5)16(18(30)27(21)38(31,32)33)25-17(29)15(11-9-37-19(22)23-11)26-34-8-14(28)35-20(2,3)4/h9-10,16H,6-8H2,1-5H3,(H2,22,23)(H,25,29)(H,31,32,33)/b26-15+/t16-,21-/m1/s1. The number of hydrogen-bond donors (Lipinski definition) is 3. The van der Waals surface area contributed by atoms with E-state index in [0.29, 0.717) is 11.4 Å². The summed E-state index contributed by atoms with van der Waals surface area (Å²) < 4.78 is 39.2. The third kappa shape index (κ3) is 6.28. The van der Waals surface area contributed by atoms with E-state index in [-0.39, 0.29) is 20.8 Å². The van der Waals surface area contributed by atoms with Gasteiger partial charge in [0.15, 0.2) is 10.8 Å². The fourth-order valence-electron chi connectivity index (χ4n) is 3.64. The van der Waals surface area contributed by atoms with Crippen LogP contribution in [0.15, 0.2) is 15.9 Å². The molecule has 1 aliphatic heterocycles. The predicted molar refractivity (Wildman–Crippen MR) is 139 cm³/mol. The lowest BCUT2D eigenvalue weighted by molar-refractivity contribution is -0.160. The van der Waals surface area contributed by atoms with Crippen molar-refractivity contribution < 1.29 is 36.9 Å². The van der Waals surface area contributed by atoms with Crippen LogP contribution in [0.5, 0.6) is 0 Å². The number of aryl methyl sites for hydroxylation is 1. The van der Waals surface area contributed by atoms with Crippen molar-refractivity contribution in [2.24, 2.45) is 5.16 Å². The molecule has 0 radical (unpaired) electrons. The second-order valence-electron chi connectivity index (χ2n) is 9.38. The first-order valence-corrected chi connectivity index (χ1v) is 14.4. The molecule has 38 heavy (non-hydrogen) atoms. The fourth-order valence-corrected chi connectivity index (χ4v) is 6.21. The molecule has 2 aromatic heterocycles. The number of esters is 1. The maximum atomic E-state index is 13.3. The van der Waals surface area contributed by atoms with Crippen molar-refractivity contribution in [3.63, 3.8) is 0 Å². The molecule has 0 spiro atoms. The van der Waals surface area contributed by atoms with Crippen LogP contribution in [0.3, 0.4) is 0 Å². The topological polar surface area (TPSA) is 203 Å². The number of thiazole rings is 2. The number of nitrogens with two attached hydrogens (primary N) is 1. The second-order valence-corrected chi connectivity index (χ2v) is 12.5. The summed E-state index contributed by atoms with van der Waals surface area (Å²) in [7, 11) is -4.99. The third-order valence-electron chi connectivity index (χ3n) is 5.21. The Hall–Kier alpha value is -3.15. The molecule has 2 atom stereocenters. The lowest BCUT2D eigenvalue weighted by Gasteiger charge is -2.51. The first-order chi connectivity index (χ1) is 17.6. The van der Waals surface area contributed by atoms with Gasteiger partial charge in [-0.25, -0.2) is 19.1 Å². The number of carbonyl (C=O) groups is 3. The number of anilines is 1. The van der Waals surface area contributed by atoms with Crippen LogP contribution >= 0.6 is 22.7 Å². The van der Waals surface area contributed by atoms with E-state index in [1.807, 2.05) is 6.92 Å². The van der Waals surface area contributed by atoms with Crippen molar-refractivity contribution in [3.8, 4) is 0 Å². The summed E-state index contributed by atoms with van der Waals surface area (Å²) in [6.07, 6.45) is 1.40. The summed E-state index contributed by atoms with van der Waals surface area (Å²) in [4.78, 5) is 51.5. The number of rotatable bonds is 10. The van der Waals surface area contributed by atoms with Gasteiger partial charge in [0.05, 0.1) is 10.7 Å². The summed E-state index contributed by atoms with van der Waals surface area (Å²) in [5.41, 5.74) is 2.92. The number of β-lactam (4-membered cyclic amide) rings is 1. The highest BCUT2D eigenvalue weighted by Crippen LogP contribution is 2.43. The summed E-state index contributed by atoms with van der Waals surface area (Å²) in [5.74, 6) is -2.79. The predicted octanol–water partition coefficient (Wildman–Crippen LogP) is 1.24. The molecule has 0 aliphatic carbocycles. The van der Waals surface area contributed by atoms with E-state index in [4.69, 9.17) is 15.3 Å². The molecule has 0 aromatic carbocycles. The first kappa shape index (κ1) is 29.4. The van der Waals surface area contributed by atoms with Crippen LogP contribution in [0.4, 0.5) is 5.13 Å². The molecule has 2 aromatic rings. The maximum Gasteiger partial charge on any atom is 0.363 e. The monoisotopic (exact) mass is 588 g/mol. The average Bonchev–Trinajstić information content (AvgIpc) is 3.42. The van der Waals surface area contributed by atoms with Gasteiger partial charge in [-0.1, -0.05) is 12.1 Å². The van der Waals surface area contributed by atoms with Crippen LogP contribution in [0.25, 0.3) is 0 Å². The summed E-state index contributed by atoms with van der Waals surface area (Å²) in [6, 6.07) is -1.44. The molecule has 14 nitrogen and oxygen atoms in total. The van der Waals surface area contributed by atoms with Crippen molar-refractivity contribution in [1.82, 2.24) is 19.6 Å². The number of carbonyl (C=O) groups excluding carboxylic acids is 3. The minimum atomic E-state index is -4.99. The molecule has 4 N–H and O–H groups in total. The number of amides is 2. The normalized spacial score (nSPS) is 20.2. The molecule has 3 rings (SSSR count). The average molecular weight is 589 g/mol. The van der Waals surface area contributed by atoms with Crippen molar-refractivity contribution in [3.05, 3.63) is 27.2 Å². The van der Waals surface area contributed by atoms with Crippen LogP contribution in [-0.2, 0) is 46.2 Å². The van der Waals surface area contributed by atoms with Crippen molar-refractivity contribution in [1.29, 1.82) is 0 Å². The van der Waals surface area contributed by atoms with Gasteiger partial charge < -0.3 is 20.6 Å². The lowest BCUT2D eigenvalue weighted by atomic mass is 9.80. The van der Waals surface area contributed by atoms with Crippen LogP contribution in [0.1, 0.15) is 57.4 Å². The number of nitrogen functional groups attached to an aromatic ring is 1. The summed E-state index contributed by atoms with van der Waals surface area (Å²) >= 11 is 2.27. The smallest absolute Gasteiger partial charge is 0.363 e. The molecule has 3 heterocycles. The number of aromatic nitrogens is 2. The Kier molecular flexibility index (Phi) is 8.45. The van der Waals surface area contributed by atoms with E-state index < -0.39 is 57.6 Å². The Bertz CT molecular complexity index is 1360. The van der Waals surface area contributed by atoms with Gasteiger partial charge in [0.2, 0.25) is 6.61 Å². The zero-order chi connectivity index (χ0) is 28.5. The fraction of sp³-hybridized carbons (Fsp3) is 0.524. The van der Waals surface area contributed by atoms with Gasteiger partial charge in [0.1, 0.15) is 22.9 Å². The van der Waals surface area contributed by atoms with Crippen molar-refractivity contribution >= 4 is 61.6 Å². The Morgan fingerprint density at radius 3 is 2.53 bits per heavy atom. The van der Waals surface area contributed by atoms with Crippen LogP contribution in [-0.4, -0.2) is 69.0 Å². The molecule has 208 valence electrons. The Morgan fingerprint density at radius 1 is 1.29 bits per heavy atom. The molecule has 2 amide bonds. The van der Waals surface area contributed by atoms with E-state index in [2.05, 4.69) is 20.4 Å². The zero-order valence-corrected chi connectivity index (χ0v) is 23.7. The number of hydrogen-bond acceptors (Lipinski definition) is 13.